The van der Waals surface area contributed by atoms with Crippen molar-refractivity contribution in [3.05, 3.63) is 36.2 Å². The summed E-state index contributed by atoms with van der Waals surface area (Å²) in [4.78, 5) is 10.6. The second-order valence-corrected chi connectivity index (χ2v) is 3.40. The van der Waals surface area contributed by atoms with Crippen molar-refractivity contribution in [1.29, 1.82) is 0 Å². The number of hydrogen-bond acceptors (Lipinski definition) is 4. The van der Waals surface area contributed by atoms with Crippen molar-refractivity contribution >= 4 is 5.97 Å². The molecule has 0 aliphatic rings. The Morgan fingerprint density at radius 1 is 1.26 bits per heavy atom. The minimum atomic E-state index is -4.76. The highest BCUT2D eigenvalue weighted by atomic mass is 19.4. The number of aromatic nitrogens is 3. The summed E-state index contributed by atoms with van der Waals surface area (Å²) in [5, 5.41) is 15.6. The average Bonchev–Trinajstić information content (AvgIpc) is 2.77. The molecule has 0 saturated heterocycles. The fourth-order valence-corrected chi connectivity index (χ4v) is 1.29. The second-order valence-electron chi connectivity index (χ2n) is 3.40. The quantitative estimate of drug-likeness (QED) is 0.923. The number of benzene rings is 1. The standard InChI is InChI=1S/C10H6F3N3O3/c11-10(12,13)19-7-3-1-6(2-4-7)16-5-8(9(17)18)14-15-16/h1-5H,(H,17,18). The van der Waals surface area contributed by atoms with Crippen LogP contribution in [0.4, 0.5) is 13.2 Å². The van der Waals surface area contributed by atoms with Gasteiger partial charge in [-0.2, -0.15) is 0 Å². The maximum Gasteiger partial charge on any atom is 0.573 e. The first kappa shape index (κ1) is 12.9. The smallest absolute Gasteiger partial charge is 0.476 e. The molecule has 0 fully saturated rings. The molecule has 1 N–H and O–H groups in total. The summed E-state index contributed by atoms with van der Waals surface area (Å²) in [6, 6.07) is 4.76. The van der Waals surface area contributed by atoms with Crippen molar-refractivity contribution in [3.63, 3.8) is 0 Å². The number of rotatable bonds is 3. The molecule has 0 saturated carbocycles. The van der Waals surface area contributed by atoms with E-state index in [9.17, 15) is 18.0 Å². The van der Waals surface area contributed by atoms with Crippen LogP contribution in [0.25, 0.3) is 5.69 Å². The van der Waals surface area contributed by atoms with Gasteiger partial charge in [0.1, 0.15) is 5.75 Å². The molecule has 2 rings (SSSR count). The van der Waals surface area contributed by atoms with Gasteiger partial charge in [0.05, 0.1) is 11.9 Å². The van der Waals surface area contributed by atoms with Gasteiger partial charge in [0.15, 0.2) is 5.69 Å². The SMILES string of the molecule is O=C(O)c1cn(-c2ccc(OC(F)(F)F)cc2)nn1. The van der Waals surface area contributed by atoms with Crippen LogP contribution >= 0.6 is 0 Å². The largest absolute Gasteiger partial charge is 0.573 e. The summed E-state index contributed by atoms with van der Waals surface area (Å²) >= 11 is 0. The molecule has 0 radical (unpaired) electrons. The van der Waals surface area contributed by atoms with E-state index in [1.807, 2.05) is 0 Å². The zero-order valence-electron chi connectivity index (χ0n) is 9.13. The van der Waals surface area contributed by atoms with Crippen LogP contribution in [0.15, 0.2) is 30.5 Å². The van der Waals surface area contributed by atoms with Crippen LogP contribution in [0.5, 0.6) is 5.75 Å². The number of ether oxygens (including phenoxy) is 1. The predicted octanol–water partition coefficient (Wildman–Crippen LogP) is 1.86. The number of hydrogen-bond donors (Lipinski definition) is 1. The number of halogens is 3. The van der Waals surface area contributed by atoms with Gasteiger partial charge in [0, 0.05) is 0 Å². The van der Waals surface area contributed by atoms with Gasteiger partial charge >= 0.3 is 12.3 Å². The van der Waals surface area contributed by atoms with Crippen LogP contribution in [0.2, 0.25) is 0 Å². The molecule has 0 aliphatic carbocycles. The third-order valence-electron chi connectivity index (χ3n) is 2.05. The molecule has 6 nitrogen and oxygen atoms in total. The van der Waals surface area contributed by atoms with Crippen molar-refractivity contribution in [1.82, 2.24) is 15.0 Å². The van der Waals surface area contributed by atoms with Gasteiger partial charge in [0.25, 0.3) is 0 Å². The number of nitrogens with zero attached hydrogens (tertiary/aromatic N) is 3. The lowest BCUT2D eigenvalue weighted by molar-refractivity contribution is -0.274. The monoisotopic (exact) mass is 273 g/mol. The maximum absolute atomic E-state index is 11.9. The summed E-state index contributed by atoms with van der Waals surface area (Å²) < 4.78 is 40.6. The molecule has 0 aliphatic heterocycles. The molecule has 0 spiro atoms. The Morgan fingerprint density at radius 2 is 1.89 bits per heavy atom. The predicted molar refractivity (Wildman–Crippen MR) is 55.0 cm³/mol. The molecule has 1 aromatic heterocycles. The van der Waals surface area contributed by atoms with E-state index in [2.05, 4.69) is 15.0 Å². The van der Waals surface area contributed by atoms with Gasteiger partial charge < -0.3 is 9.84 Å². The van der Waals surface area contributed by atoms with Crippen molar-refractivity contribution in [2.75, 3.05) is 0 Å². The van der Waals surface area contributed by atoms with E-state index in [4.69, 9.17) is 5.11 Å². The molecule has 1 heterocycles. The molecular weight excluding hydrogens is 267 g/mol. The summed E-state index contributed by atoms with van der Waals surface area (Å²) in [6.07, 6.45) is -3.62. The summed E-state index contributed by atoms with van der Waals surface area (Å²) in [6.45, 7) is 0. The Labute approximate surface area is 104 Å². The van der Waals surface area contributed by atoms with Crippen molar-refractivity contribution in [2.24, 2.45) is 0 Å². The van der Waals surface area contributed by atoms with E-state index in [1.165, 1.54) is 12.1 Å². The maximum atomic E-state index is 11.9. The van der Waals surface area contributed by atoms with Gasteiger partial charge in [-0.1, -0.05) is 5.21 Å². The molecule has 100 valence electrons. The fraction of sp³-hybridized carbons (Fsp3) is 0.100. The zero-order chi connectivity index (χ0) is 14.0. The first-order chi connectivity index (χ1) is 8.85. The first-order valence-corrected chi connectivity index (χ1v) is 4.87. The van der Waals surface area contributed by atoms with E-state index in [0.29, 0.717) is 5.69 Å². The van der Waals surface area contributed by atoms with Crippen LogP contribution in [0.3, 0.4) is 0 Å². The molecule has 2 aromatic rings. The highest BCUT2D eigenvalue weighted by molar-refractivity contribution is 5.84. The number of alkyl halides is 3. The van der Waals surface area contributed by atoms with Gasteiger partial charge in [-0.25, -0.2) is 9.48 Å². The van der Waals surface area contributed by atoms with Crippen LogP contribution in [0, 0.1) is 0 Å². The average molecular weight is 273 g/mol. The fourth-order valence-electron chi connectivity index (χ4n) is 1.29. The molecule has 9 heteroatoms. The van der Waals surface area contributed by atoms with E-state index in [0.717, 1.165) is 23.0 Å². The minimum Gasteiger partial charge on any atom is -0.476 e. The van der Waals surface area contributed by atoms with Gasteiger partial charge in [0.2, 0.25) is 0 Å². The van der Waals surface area contributed by atoms with Crippen LogP contribution in [-0.2, 0) is 0 Å². The van der Waals surface area contributed by atoms with Gasteiger partial charge in [-0.3, -0.25) is 0 Å². The Kier molecular flexibility index (Phi) is 3.11. The third kappa shape index (κ3) is 3.21. The number of carboxylic acids is 1. The van der Waals surface area contributed by atoms with Crippen LogP contribution in [0.1, 0.15) is 10.5 Å². The molecule has 1 aromatic carbocycles. The summed E-state index contributed by atoms with van der Waals surface area (Å²) in [5.41, 5.74) is 0.0881. The molecule has 19 heavy (non-hydrogen) atoms. The second kappa shape index (κ2) is 4.59. The van der Waals surface area contributed by atoms with Gasteiger partial charge in [-0.05, 0) is 24.3 Å². The number of aromatic carboxylic acids is 1. The minimum absolute atomic E-state index is 0.268. The van der Waals surface area contributed by atoms with Crippen LogP contribution in [-0.4, -0.2) is 32.4 Å². The highest BCUT2D eigenvalue weighted by Gasteiger charge is 2.30. The van der Waals surface area contributed by atoms with Gasteiger partial charge in [-0.15, -0.1) is 18.3 Å². The molecular formula is C10H6F3N3O3. The third-order valence-corrected chi connectivity index (χ3v) is 2.05. The Balaban J connectivity index is 2.20. The topological polar surface area (TPSA) is 77.2 Å². The lowest BCUT2D eigenvalue weighted by Gasteiger charge is -2.08. The Morgan fingerprint density at radius 3 is 2.37 bits per heavy atom. The number of carboxylic acid groups (broad SMARTS) is 1. The van der Waals surface area contributed by atoms with E-state index in [1.54, 1.807) is 0 Å². The van der Waals surface area contributed by atoms with Crippen molar-refractivity contribution in [3.8, 4) is 11.4 Å². The van der Waals surface area contributed by atoms with E-state index >= 15 is 0 Å². The zero-order valence-corrected chi connectivity index (χ0v) is 9.13. The van der Waals surface area contributed by atoms with Crippen molar-refractivity contribution < 1.29 is 27.8 Å². The number of carbonyl (C=O) groups is 1. The van der Waals surface area contributed by atoms with E-state index in [-0.39, 0.29) is 11.4 Å². The summed E-state index contributed by atoms with van der Waals surface area (Å²) in [5.74, 6) is -1.63. The highest BCUT2D eigenvalue weighted by Crippen LogP contribution is 2.23. The first-order valence-electron chi connectivity index (χ1n) is 4.87. The molecule has 0 bridgehead atoms. The van der Waals surface area contributed by atoms with Crippen LogP contribution < -0.4 is 4.74 Å². The Hall–Kier alpha value is -2.58. The summed E-state index contributed by atoms with van der Waals surface area (Å²) in [7, 11) is 0. The van der Waals surface area contributed by atoms with Crippen molar-refractivity contribution in [2.45, 2.75) is 6.36 Å². The lowest BCUT2D eigenvalue weighted by atomic mass is 10.3. The lowest BCUT2D eigenvalue weighted by Crippen LogP contribution is -2.17. The molecule has 0 amide bonds. The Bertz CT molecular complexity index is 592. The molecule has 0 atom stereocenters. The van der Waals surface area contributed by atoms with E-state index < -0.39 is 12.3 Å². The molecule has 0 unspecified atom stereocenters. The normalized spacial score (nSPS) is 11.3.